The predicted octanol–water partition coefficient (Wildman–Crippen LogP) is 2.20. The van der Waals surface area contributed by atoms with Gasteiger partial charge >= 0.3 is 0 Å². The monoisotopic (exact) mass is 247 g/mol. The summed E-state index contributed by atoms with van der Waals surface area (Å²) in [7, 11) is 0. The van der Waals surface area contributed by atoms with E-state index >= 15 is 0 Å². The van der Waals surface area contributed by atoms with Gasteiger partial charge < -0.3 is 14.8 Å². The van der Waals surface area contributed by atoms with Crippen LogP contribution in [0.25, 0.3) is 0 Å². The molecule has 2 unspecified atom stereocenters. The van der Waals surface area contributed by atoms with Crippen LogP contribution < -0.4 is 5.32 Å². The maximum Gasteiger partial charge on any atom is 0.118 e. The smallest absolute Gasteiger partial charge is 0.118 e. The molecular weight excluding hydrogens is 226 g/mol. The lowest BCUT2D eigenvalue weighted by Crippen LogP contribution is -2.49. The number of hydrogen-bond acceptors (Lipinski definition) is 3. The van der Waals surface area contributed by atoms with Gasteiger partial charge in [0, 0.05) is 12.6 Å². The molecule has 0 aliphatic carbocycles. The summed E-state index contributed by atoms with van der Waals surface area (Å²) in [4.78, 5) is 0. The Morgan fingerprint density at radius 2 is 2.28 bits per heavy atom. The third-order valence-electron chi connectivity index (χ3n) is 4.01. The second-order valence-electron chi connectivity index (χ2n) is 5.24. The molecule has 0 saturated carbocycles. The average molecular weight is 247 g/mol. The Morgan fingerprint density at radius 3 is 3.17 bits per heavy atom. The SMILES string of the molecule is CCNC1CCOC2(COCc3ccccc32)C1. The molecule has 2 heterocycles. The van der Waals surface area contributed by atoms with E-state index in [1.165, 1.54) is 11.1 Å². The molecule has 2 aliphatic rings. The van der Waals surface area contributed by atoms with E-state index in [1.54, 1.807) is 0 Å². The first-order chi connectivity index (χ1) is 8.84. The van der Waals surface area contributed by atoms with Crippen LogP contribution in [0.1, 0.15) is 30.9 Å². The summed E-state index contributed by atoms with van der Waals surface area (Å²) in [5.41, 5.74) is 2.39. The van der Waals surface area contributed by atoms with E-state index in [-0.39, 0.29) is 5.60 Å². The molecule has 18 heavy (non-hydrogen) atoms. The van der Waals surface area contributed by atoms with E-state index < -0.39 is 0 Å². The number of benzene rings is 1. The minimum Gasteiger partial charge on any atom is -0.373 e. The van der Waals surface area contributed by atoms with Gasteiger partial charge in [-0.1, -0.05) is 31.2 Å². The Kier molecular flexibility index (Phi) is 3.37. The molecule has 3 heteroatoms. The normalized spacial score (nSPS) is 31.3. The molecule has 0 radical (unpaired) electrons. The third-order valence-corrected chi connectivity index (χ3v) is 4.01. The van der Waals surface area contributed by atoms with Crippen LogP contribution in [0, 0.1) is 0 Å². The fourth-order valence-corrected chi connectivity index (χ4v) is 3.20. The molecular formula is C15H21NO2. The molecule has 2 aliphatic heterocycles. The van der Waals surface area contributed by atoms with Crippen molar-refractivity contribution in [2.24, 2.45) is 0 Å². The number of nitrogens with one attached hydrogen (secondary N) is 1. The lowest BCUT2D eigenvalue weighted by atomic mass is 9.81. The molecule has 1 N–H and O–H groups in total. The predicted molar refractivity (Wildman–Crippen MR) is 70.4 cm³/mol. The van der Waals surface area contributed by atoms with Crippen LogP contribution in [0.3, 0.4) is 0 Å². The van der Waals surface area contributed by atoms with Gasteiger partial charge in [0.2, 0.25) is 0 Å². The standard InChI is InChI=1S/C15H21NO2/c1-2-16-13-7-8-18-15(9-13)11-17-10-12-5-3-4-6-14(12)15/h3-6,13,16H,2,7-11H2,1H3. The van der Waals surface area contributed by atoms with Crippen LogP contribution in [0.4, 0.5) is 0 Å². The summed E-state index contributed by atoms with van der Waals surface area (Å²) < 4.78 is 11.9. The Morgan fingerprint density at radius 1 is 1.39 bits per heavy atom. The molecule has 1 fully saturated rings. The van der Waals surface area contributed by atoms with Crippen molar-refractivity contribution in [1.29, 1.82) is 0 Å². The molecule has 3 nitrogen and oxygen atoms in total. The molecule has 0 aromatic heterocycles. The van der Waals surface area contributed by atoms with Gasteiger partial charge in [-0.3, -0.25) is 0 Å². The lowest BCUT2D eigenvalue weighted by Gasteiger charge is -2.44. The van der Waals surface area contributed by atoms with E-state index in [0.29, 0.717) is 19.3 Å². The summed E-state index contributed by atoms with van der Waals surface area (Å²) in [6, 6.07) is 9.07. The van der Waals surface area contributed by atoms with Crippen molar-refractivity contribution in [2.75, 3.05) is 19.8 Å². The maximum absolute atomic E-state index is 6.14. The highest BCUT2D eigenvalue weighted by Gasteiger charge is 2.42. The molecule has 1 saturated heterocycles. The average Bonchev–Trinajstić information content (AvgIpc) is 2.40. The maximum atomic E-state index is 6.14. The van der Waals surface area contributed by atoms with Crippen molar-refractivity contribution in [3.05, 3.63) is 35.4 Å². The summed E-state index contributed by atoms with van der Waals surface area (Å²) in [6.45, 7) is 5.39. The number of rotatable bonds is 2. The lowest BCUT2D eigenvalue weighted by molar-refractivity contribution is -0.150. The van der Waals surface area contributed by atoms with Crippen molar-refractivity contribution >= 4 is 0 Å². The van der Waals surface area contributed by atoms with Gasteiger partial charge in [0.1, 0.15) is 5.60 Å². The fourth-order valence-electron chi connectivity index (χ4n) is 3.20. The van der Waals surface area contributed by atoms with E-state index in [1.807, 2.05) is 0 Å². The zero-order valence-corrected chi connectivity index (χ0v) is 10.9. The van der Waals surface area contributed by atoms with Gasteiger partial charge in [-0.15, -0.1) is 0 Å². The number of hydrogen-bond donors (Lipinski definition) is 1. The van der Waals surface area contributed by atoms with Crippen LogP contribution in [0.15, 0.2) is 24.3 Å². The molecule has 0 bridgehead atoms. The second-order valence-corrected chi connectivity index (χ2v) is 5.24. The zero-order chi connectivity index (χ0) is 12.4. The third kappa shape index (κ3) is 2.07. The zero-order valence-electron chi connectivity index (χ0n) is 10.9. The number of fused-ring (bicyclic) bond motifs is 2. The summed E-state index contributed by atoms with van der Waals surface area (Å²) in [5.74, 6) is 0. The van der Waals surface area contributed by atoms with Crippen molar-refractivity contribution in [3.63, 3.8) is 0 Å². The quantitative estimate of drug-likeness (QED) is 0.869. The van der Waals surface area contributed by atoms with Gasteiger partial charge in [-0.25, -0.2) is 0 Å². The van der Waals surface area contributed by atoms with Gasteiger partial charge in [0.25, 0.3) is 0 Å². The van der Waals surface area contributed by atoms with Crippen molar-refractivity contribution in [1.82, 2.24) is 5.32 Å². The summed E-state index contributed by atoms with van der Waals surface area (Å²) in [5, 5.41) is 3.55. The van der Waals surface area contributed by atoms with Crippen LogP contribution in [-0.4, -0.2) is 25.8 Å². The highest BCUT2D eigenvalue weighted by molar-refractivity contribution is 5.34. The van der Waals surface area contributed by atoms with E-state index in [9.17, 15) is 0 Å². The molecule has 1 aromatic carbocycles. The van der Waals surface area contributed by atoms with Crippen LogP contribution >= 0.6 is 0 Å². The van der Waals surface area contributed by atoms with E-state index in [0.717, 1.165) is 26.0 Å². The first-order valence-corrected chi connectivity index (χ1v) is 6.87. The summed E-state index contributed by atoms with van der Waals surface area (Å²) in [6.07, 6.45) is 2.11. The summed E-state index contributed by atoms with van der Waals surface area (Å²) >= 11 is 0. The van der Waals surface area contributed by atoms with Crippen molar-refractivity contribution < 1.29 is 9.47 Å². The minimum atomic E-state index is -0.222. The van der Waals surface area contributed by atoms with E-state index in [2.05, 4.69) is 36.5 Å². The first kappa shape index (κ1) is 12.2. The highest BCUT2D eigenvalue weighted by atomic mass is 16.5. The molecule has 2 atom stereocenters. The number of ether oxygens (including phenoxy) is 2. The second kappa shape index (κ2) is 5.00. The van der Waals surface area contributed by atoms with Crippen molar-refractivity contribution in [2.45, 2.75) is 38.0 Å². The van der Waals surface area contributed by atoms with Gasteiger partial charge in [0.05, 0.1) is 13.2 Å². The Hall–Kier alpha value is -0.900. The molecule has 98 valence electrons. The van der Waals surface area contributed by atoms with Crippen LogP contribution in [0.2, 0.25) is 0 Å². The van der Waals surface area contributed by atoms with Gasteiger partial charge in [-0.05, 0) is 30.5 Å². The Bertz CT molecular complexity index is 419. The minimum absolute atomic E-state index is 0.222. The highest BCUT2D eigenvalue weighted by Crippen LogP contribution is 2.40. The largest absolute Gasteiger partial charge is 0.373 e. The van der Waals surface area contributed by atoms with Gasteiger partial charge in [0.15, 0.2) is 0 Å². The van der Waals surface area contributed by atoms with Crippen LogP contribution in [-0.2, 0) is 21.7 Å². The topological polar surface area (TPSA) is 30.5 Å². The van der Waals surface area contributed by atoms with Gasteiger partial charge in [-0.2, -0.15) is 0 Å². The van der Waals surface area contributed by atoms with E-state index in [4.69, 9.17) is 9.47 Å². The first-order valence-electron chi connectivity index (χ1n) is 6.87. The fraction of sp³-hybridized carbons (Fsp3) is 0.600. The Balaban J connectivity index is 1.90. The molecule has 1 aromatic rings. The van der Waals surface area contributed by atoms with Crippen molar-refractivity contribution in [3.8, 4) is 0 Å². The Labute approximate surface area is 108 Å². The molecule has 3 rings (SSSR count). The van der Waals surface area contributed by atoms with Crippen LogP contribution in [0.5, 0.6) is 0 Å². The molecule has 1 spiro atoms. The molecule has 0 amide bonds.